The fourth-order valence-corrected chi connectivity index (χ4v) is 3.98. The molecule has 1 aliphatic heterocycles. The minimum Gasteiger partial charge on any atom is -0.452 e. The second kappa shape index (κ2) is 9.58. The van der Waals surface area contributed by atoms with E-state index >= 15 is 0 Å². The highest BCUT2D eigenvalue weighted by molar-refractivity contribution is 7.89. The van der Waals surface area contributed by atoms with Gasteiger partial charge in [-0.1, -0.05) is 0 Å². The summed E-state index contributed by atoms with van der Waals surface area (Å²) >= 11 is 0. The quantitative estimate of drug-likeness (QED) is 0.621. The number of rotatable bonds is 7. The van der Waals surface area contributed by atoms with E-state index in [9.17, 15) is 18.0 Å². The van der Waals surface area contributed by atoms with Crippen LogP contribution in [0.2, 0.25) is 0 Å². The molecule has 0 saturated carbocycles. The first-order valence-electron chi connectivity index (χ1n) is 9.80. The van der Waals surface area contributed by atoms with Gasteiger partial charge in [-0.25, -0.2) is 17.5 Å². The summed E-state index contributed by atoms with van der Waals surface area (Å²) in [7, 11) is 0.812. The highest BCUT2D eigenvalue weighted by Gasteiger charge is 2.25. The predicted molar refractivity (Wildman–Crippen MR) is 112 cm³/mol. The van der Waals surface area contributed by atoms with Gasteiger partial charge in [-0.2, -0.15) is 0 Å². The minimum absolute atomic E-state index is 0.0147. The van der Waals surface area contributed by atoms with E-state index in [1.165, 1.54) is 31.1 Å². The summed E-state index contributed by atoms with van der Waals surface area (Å²) in [4.78, 5) is 28.6. The normalized spacial score (nSPS) is 14.9. The van der Waals surface area contributed by atoms with Crippen LogP contribution in [-0.4, -0.2) is 76.4 Å². The van der Waals surface area contributed by atoms with Gasteiger partial charge in [0.05, 0.1) is 16.1 Å². The molecule has 1 aromatic rings. The van der Waals surface area contributed by atoms with Crippen molar-refractivity contribution in [3.63, 3.8) is 0 Å². The Morgan fingerprint density at radius 1 is 1.10 bits per heavy atom. The van der Waals surface area contributed by atoms with Crippen LogP contribution < -0.4 is 4.90 Å². The number of carbonyl (C=O) groups is 2. The molecule has 0 N–H and O–H groups in total. The molecule has 2 rings (SSSR count). The van der Waals surface area contributed by atoms with Gasteiger partial charge in [0.25, 0.3) is 5.91 Å². The Hall–Kier alpha value is -2.13. The zero-order valence-electron chi connectivity index (χ0n) is 17.8. The van der Waals surface area contributed by atoms with Crippen LogP contribution in [0.5, 0.6) is 0 Å². The third kappa shape index (κ3) is 5.48. The highest BCUT2D eigenvalue weighted by atomic mass is 32.2. The molecule has 0 unspecified atom stereocenters. The Morgan fingerprint density at radius 2 is 1.72 bits per heavy atom. The lowest BCUT2D eigenvalue weighted by atomic mass is 10.1. The number of nitrogens with zero attached hydrogens (tertiary/aromatic N) is 3. The number of sulfonamides is 1. The van der Waals surface area contributed by atoms with Crippen LogP contribution in [-0.2, 0) is 19.6 Å². The van der Waals surface area contributed by atoms with Crippen molar-refractivity contribution < 1.29 is 22.7 Å². The van der Waals surface area contributed by atoms with E-state index in [2.05, 4.69) is 4.90 Å². The van der Waals surface area contributed by atoms with E-state index in [0.717, 1.165) is 36.7 Å². The summed E-state index contributed by atoms with van der Waals surface area (Å²) in [6.07, 6.45) is 3.13. The number of hydrogen-bond donors (Lipinski definition) is 0. The predicted octanol–water partition coefficient (Wildman–Crippen LogP) is 1.95. The first kappa shape index (κ1) is 23.2. The van der Waals surface area contributed by atoms with Crippen LogP contribution in [0.25, 0.3) is 0 Å². The first-order chi connectivity index (χ1) is 13.6. The SMILES string of the molecule is CC(C)N(C)C(=O)COC(=O)c1cc(S(=O)(=O)N(C)C)ccc1N1CCCCC1. The third-order valence-corrected chi connectivity index (χ3v) is 6.97. The molecule has 8 nitrogen and oxygen atoms in total. The van der Waals surface area contributed by atoms with Crippen LogP contribution in [0.4, 0.5) is 5.69 Å². The van der Waals surface area contributed by atoms with Gasteiger partial charge in [0, 0.05) is 40.3 Å². The summed E-state index contributed by atoms with van der Waals surface area (Å²) in [6, 6.07) is 4.49. The molecular weight excluding hydrogens is 394 g/mol. The standard InChI is InChI=1S/C20H31N3O5S/c1-15(2)22(5)19(24)14-28-20(25)17-13-16(29(26,27)21(3)4)9-10-18(17)23-11-7-6-8-12-23/h9-10,13,15H,6-8,11-12,14H2,1-5H3. The molecule has 9 heteroatoms. The van der Waals surface area contributed by atoms with E-state index in [-0.39, 0.29) is 22.4 Å². The summed E-state index contributed by atoms with van der Waals surface area (Å²) in [5.41, 5.74) is 0.798. The Kier molecular flexibility index (Phi) is 7.65. The lowest BCUT2D eigenvalue weighted by Gasteiger charge is -2.30. The first-order valence-corrected chi connectivity index (χ1v) is 11.2. The van der Waals surface area contributed by atoms with Gasteiger partial charge in [-0.15, -0.1) is 0 Å². The summed E-state index contributed by atoms with van der Waals surface area (Å²) < 4.78 is 31.4. The van der Waals surface area contributed by atoms with Crippen molar-refractivity contribution in [3.8, 4) is 0 Å². The van der Waals surface area contributed by atoms with Crippen molar-refractivity contribution in [2.75, 3.05) is 45.7 Å². The molecule has 0 atom stereocenters. The van der Waals surface area contributed by atoms with Crippen LogP contribution in [0.15, 0.2) is 23.1 Å². The van der Waals surface area contributed by atoms with Crippen LogP contribution in [0.1, 0.15) is 43.5 Å². The van der Waals surface area contributed by atoms with E-state index < -0.39 is 22.6 Å². The molecule has 162 valence electrons. The van der Waals surface area contributed by atoms with Gasteiger partial charge in [-0.05, 0) is 51.3 Å². The van der Waals surface area contributed by atoms with Crippen molar-refractivity contribution in [2.24, 2.45) is 0 Å². The molecule has 0 aromatic heterocycles. The van der Waals surface area contributed by atoms with E-state index in [0.29, 0.717) is 5.69 Å². The smallest absolute Gasteiger partial charge is 0.340 e. The molecule has 1 aliphatic rings. The molecule has 29 heavy (non-hydrogen) atoms. The zero-order valence-corrected chi connectivity index (χ0v) is 18.7. The maximum Gasteiger partial charge on any atom is 0.340 e. The second-order valence-corrected chi connectivity index (χ2v) is 9.84. The van der Waals surface area contributed by atoms with Crippen molar-refractivity contribution in [1.82, 2.24) is 9.21 Å². The second-order valence-electron chi connectivity index (χ2n) is 7.69. The van der Waals surface area contributed by atoms with Gasteiger partial charge in [0.1, 0.15) is 0 Å². The third-order valence-electron chi connectivity index (χ3n) is 5.16. The average Bonchev–Trinajstić information content (AvgIpc) is 2.71. The number of piperidine rings is 1. The maximum absolute atomic E-state index is 12.8. The molecule has 0 spiro atoms. The number of benzene rings is 1. The summed E-state index contributed by atoms with van der Waals surface area (Å²) in [5.74, 6) is -1.02. The number of carbonyl (C=O) groups excluding carboxylic acids is 2. The number of amides is 1. The Labute approximate surface area is 173 Å². The van der Waals surface area contributed by atoms with Gasteiger partial charge in [0.15, 0.2) is 6.61 Å². The summed E-state index contributed by atoms with van der Waals surface area (Å²) in [6.45, 7) is 4.91. The van der Waals surface area contributed by atoms with Gasteiger partial charge in [0.2, 0.25) is 10.0 Å². The molecule has 0 aliphatic carbocycles. The number of ether oxygens (including phenoxy) is 1. The van der Waals surface area contributed by atoms with Gasteiger partial charge >= 0.3 is 5.97 Å². The summed E-state index contributed by atoms with van der Waals surface area (Å²) in [5, 5.41) is 0. The van der Waals surface area contributed by atoms with Crippen LogP contribution >= 0.6 is 0 Å². The van der Waals surface area contributed by atoms with Crippen molar-refractivity contribution in [2.45, 2.75) is 44.0 Å². The van der Waals surface area contributed by atoms with Gasteiger partial charge in [-0.3, -0.25) is 4.79 Å². The Morgan fingerprint density at radius 3 is 2.28 bits per heavy atom. The monoisotopic (exact) mass is 425 g/mol. The Balaban J connectivity index is 2.34. The number of likely N-dealkylation sites (N-methyl/N-ethyl adjacent to an activating group) is 1. The lowest BCUT2D eigenvalue weighted by molar-refractivity contribution is -0.134. The maximum atomic E-state index is 12.8. The number of anilines is 1. The van der Waals surface area contributed by atoms with E-state index in [4.69, 9.17) is 4.74 Å². The van der Waals surface area contributed by atoms with Crippen molar-refractivity contribution >= 4 is 27.6 Å². The fraction of sp³-hybridized carbons (Fsp3) is 0.600. The number of esters is 1. The largest absolute Gasteiger partial charge is 0.452 e. The van der Waals surface area contributed by atoms with Crippen molar-refractivity contribution in [3.05, 3.63) is 23.8 Å². The zero-order chi connectivity index (χ0) is 21.8. The lowest BCUT2D eigenvalue weighted by Crippen LogP contribution is -2.36. The minimum atomic E-state index is -3.70. The molecule has 1 saturated heterocycles. The van der Waals surface area contributed by atoms with Gasteiger partial charge < -0.3 is 14.5 Å². The molecule has 1 aromatic carbocycles. The molecule has 0 bridgehead atoms. The van der Waals surface area contributed by atoms with Crippen LogP contribution in [0.3, 0.4) is 0 Å². The average molecular weight is 426 g/mol. The molecule has 1 fully saturated rings. The topological polar surface area (TPSA) is 87.2 Å². The van der Waals surface area contributed by atoms with Crippen molar-refractivity contribution in [1.29, 1.82) is 0 Å². The molecular formula is C20H31N3O5S. The molecule has 0 radical (unpaired) electrons. The molecule has 1 amide bonds. The fourth-order valence-electron chi connectivity index (χ4n) is 3.06. The van der Waals surface area contributed by atoms with Crippen LogP contribution in [0, 0.1) is 0 Å². The molecule has 1 heterocycles. The number of hydrogen-bond acceptors (Lipinski definition) is 6. The van der Waals surface area contributed by atoms with E-state index in [1.807, 2.05) is 13.8 Å². The highest BCUT2D eigenvalue weighted by Crippen LogP contribution is 2.28. The van der Waals surface area contributed by atoms with E-state index in [1.54, 1.807) is 13.1 Å². The Bertz CT molecular complexity index is 846.